The number of aryl methyl sites for hydroxylation is 1. The molecule has 1 aliphatic carbocycles. The summed E-state index contributed by atoms with van der Waals surface area (Å²) in [4.78, 5) is 10.9. The smallest absolute Gasteiger partial charge is 0.183 e. The van der Waals surface area contributed by atoms with E-state index in [9.17, 15) is 4.39 Å². The van der Waals surface area contributed by atoms with Gasteiger partial charge in [0.2, 0.25) is 0 Å². The van der Waals surface area contributed by atoms with Crippen molar-refractivity contribution in [3.63, 3.8) is 0 Å². The molecule has 2 aromatic rings. The Morgan fingerprint density at radius 2 is 2.04 bits per heavy atom. The van der Waals surface area contributed by atoms with Gasteiger partial charge < -0.3 is 9.64 Å². The molecule has 2 aliphatic rings. The molecule has 1 saturated carbocycles. The molecule has 28 heavy (non-hydrogen) atoms. The molecule has 148 valence electrons. The van der Waals surface area contributed by atoms with E-state index in [1.54, 1.807) is 13.2 Å². The van der Waals surface area contributed by atoms with Crippen molar-refractivity contribution in [2.45, 2.75) is 38.7 Å². The number of nitrogens with one attached hydrogen (secondary N) is 1. The minimum absolute atomic E-state index is 0.341. The maximum atomic E-state index is 14.7. The zero-order valence-corrected chi connectivity index (χ0v) is 16.4. The minimum Gasteiger partial charge on any atom is -0.381 e. The molecule has 7 heteroatoms. The van der Waals surface area contributed by atoms with E-state index in [-0.39, 0.29) is 5.82 Å². The molecule has 1 aromatic heterocycles. The second kappa shape index (κ2) is 8.22. The Labute approximate surface area is 164 Å². The number of halogens is 1. The van der Waals surface area contributed by atoms with Crippen molar-refractivity contribution in [3.8, 4) is 11.4 Å². The van der Waals surface area contributed by atoms with Gasteiger partial charge in [-0.1, -0.05) is 0 Å². The molecule has 1 N–H and O–H groups in total. The second-order valence-corrected chi connectivity index (χ2v) is 7.63. The lowest BCUT2D eigenvalue weighted by Crippen LogP contribution is -2.32. The summed E-state index contributed by atoms with van der Waals surface area (Å²) in [6.07, 6.45) is 10.5. The normalized spacial score (nSPS) is 22.4. The highest BCUT2D eigenvalue weighted by atomic mass is 19.1. The number of aromatic nitrogens is 3. The Kier molecular flexibility index (Phi) is 5.52. The summed E-state index contributed by atoms with van der Waals surface area (Å²) in [6.45, 7) is 3.76. The van der Waals surface area contributed by atoms with Crippen molar-refractivity contribution in [2.75, 3.05) is 20.2 Å². The van der Waals surface area contributed by atoms with E-state index in [4.69, 9.17) is 4.74 Å². The monoisotopic (exact) mass is 383 g/mol. The summed E-state index contributed by atoms with van der Waals surface area (Å²) in [5.74, 6) is 0.689. The Morgan fingerprint density at radius 3 is 2.75 bits per heavy atom. The van der Waals surface area contributed by atoms with Crippen LogP contribution in [0.3, 0.4) is 0 Å². The maximum Gasteiger partial charge on any atom is 0.183 e. The summed E-state index contributed by atoms with van der Waals surface area (Å²) < 4.78 is 20.2. The quantitative estimate of drug-likeness (QED) is 0.853. The fourth-order valence-electron chi connectivity index (χ4n) is 4.12. The summed E-state index contributed by atoms with van der Waals surface area (Å²) >= 11 is 0. The first-order valence-corrected chi connectivity index (χ1v) is 9.82. The standard InChI is InChI=1S/C21H26FN5O/c1-14-9-18(21-24-13-25-26-21)19(22)10-17(14)20-12-27(8-7-23-20)11-15-3-5-16(28-2)6-4-15/h7,9-10,12-13,15-16H,3-6,8,11H2,1-2H3,(H,24,25,26)/t15-,16-. The lowest BCUT2D eigenvalue weighted by molar-refractivity contribution is 0.0531. The van der Waals surface area contributed by atoms with Gasteiger partial charge in [0.15, 0.2) is 5.82 Å². The summed E-state index contributed by atoms with van der Waals surface area (Å²) in [5, 5.41) is 6.61. The van der Waals surface area contributed by atoms with Crippen molar-refractivity contribution in [1.82, 2.24) is 20.1 Å². The molecule has 1 aromatic carbocycles. The van der Waals surface area contributed by atoms with Crippen LogP contribution in [0.5, 0.6) is 0 Å². The van der Waals surface area contributed by atoms with Crippen molar-refractivity contribution >= 4 is 11.9 Å². The average Bonchev–Trinajstić information content (AvgIpc) is 3.25. The first kappa shape index (κ1) is 18.8. The summed E-state index contributed by atoms with van der Waals surface area (Å²) in [7, 11) is 1.80. The number of H-pyrrole nitrogens is 1. The molecular weight excluding hydrogens is 357 g/mol. The maximum absolute atomic E-state index is 14.7. The topological polar surface area (TPSA) is 66.4 Å². The summed E-state index contributed by atoms with van der Waals surface area (Å²) in [5.41, 5.74) is 2.96. The van der Waals surface area contributed by atoms with Gasteiger partial charge in [-0.3, -0.25) is 10.1 Å². The number of rotatable bonds is 5. The SMILES string of the molecule is CO[C@H]1CC[C@H](CN2C=C(c3cc(F)c(-c4nc[nH]n4)cc3C)N=CC2)CC1. The fourth-order valence-corrected chi connectivity index (χ4v) is 4.12. The Balaban J connectivity index is 1.50. The van der Waals surface area contributed by atoms with Gasteiger partial charge in [-0.15, -0.1) is 0 Å². The van der Waals surface area contributed by atoms with Crippen LogP contribution in [-0.2, 0) is 4.74 Å². The van der Waals surface area contributed by atoms with Gasteiger partial charge in [-0.05, 0) is 56.2 Å². The molecule has 1 aliphatic heterocycles. The van der Waals surface area contributed by atoms with Crippen molar-refractivity contribution in [2.24, 2.45) is 10.9 Å². The van der Waals surface area contributed by atoms with Crippen LogP contribution in [0.1, 0.15) is 36.8 Å². The number of benzene rings is 1. The average molecular weight is 383 g/mol. The molecule has 0 spiro atoms. The van der Waals surface area contributed by atoms with Gasteiger partial charge in [0.1, 0.15) is 12.1 Å². The number of hydrogen-bond donors (Lipinski definition) is 1. The Hall–Kier alpha value is -2.54. The first-order valence-electron chi connectivity index (χ1n) is 9.82. The first-order chi connectivity index (χ1) is 13.6. The van der Waals surface area contributed by atoms with Crippen LogP contribution < -0.4 is 0 Å². The molecule has 0 atom stereocenters. The van der Waals surface area contributed by atoms with E-state index in [0.717, 1.165) is 42.8 Å². The van der Waals surface area contributed by atoms with Crippen molar-refractivity contribution < 1.29 is 9.13 Å². The van der Waals surface area contributed by atoms with Gasteiger partial charge in [0.25, 0.3) is 0 Å². The molecule has 2 heterocycles. The number of nitrogens with zero attached hydrogens (tertiary/aromatic N) is 4. The zero-order chi connectivity index (χ0) is 19.5. The van der Waals surface area contributed by atoms with Crippen LogP contribution in [0.2, 0.25) is 0 Å². The van der Waals surface area contributed by atoms with E-state index in [2.05, 4.69) is 31.3 Å². The molecule has 0 bridgehead atoms. The largest absolute Gasteiger partial charge is 0.381 e. The van der Waals surface area contributed by atoms with Gasteiger partial charge in [-0.25, -0.2) is 9.37 Å². The molecule has 6 nitrogen and oxygen atoms in total. The van der Waals surface area contributed by atoms with Crippen molar-refractivity contribution in [1.29, 1.82) is 0 Å². The molecule has 0 saturated heterocycles. The molecule has 1 fully saturated rings. The van der Waals surface area contributed by atoms with Crippen LogP contribution in [0, 0.1) is 18.7 Å². The number of aliphatic imine (C=N–C) groups is 1. The highest BCUT2D eigenvalue weighted by molar-refractivity contribution is 5.79. The van der Waals surface area contributed by atoms with Crippen LogP contribution in [0.4, 0.5) is 4.39 Å². The van der Waals surface area contributed by atoms with E-state index in [1.807, 2.05) is 13.1 Å². The Morgan fingerprint density at radius 1 is 1.21 bits per heavy atom. The van der Waals surface area contributed by atoms with E-state index >= 15 is 0 Å². The fraction of sp³-hybridized carbons (Fsp3) is 0.476. The highest BCUT2D eigenvalue weighted by Crippen LogP contribution is 2.30. The number of aromatic amines is 1. The predicted molar refractivity (Wildman–Crippen MR) is 107 cm³/mol. The number of hydrogen-bond acceptors (Lipinski definition) is 5. The van der Waals surface area contributed by atoms with E-state index < -0.39 is 0 Å². The van der Waals surface area contributed by atoms with Gasteiger partial charge in [-0.2, -0.15) is 5.10 Å². The van der Waals surface area contributed by atoms with Gasteiger partial charge in [0.05, 0.1) is 23.9 Å². The number of ether oxygens (including phenoxy) is 1. The Bertz CT molecular complexity index is 869. The third-order valence-electron chi connectivity index (χ3n) is 5.72. The third-order valence-corrected chi connectivity index (χ3v) is 5.72. The zero-order valence-electron chi connectivity index (χ0n) is 16.4. The molecule has 0 amide bonds. The van der Waals surface area contributed by atoms with E-state index in [1.165, 1.54) is 25.2 Å². The van der Waals surface area contributed by atoms with Crippen LogP contribution >= 0.6 is 0 Å². The van der Waals surface area contributed by atoms with Crippen LogP contribution in [-0.4, -0.2) is 52.6 Å². The van der Waals surface area contributed by atoms with Crippen molar-refractivity contribution in [3.05, 3.63) is 41.6 Å². The second-order valence-electron chi connectivity index (χ2n) is 7.63. The number of methoxy groups -OCH3 is 1. The molecule has 0 unspecified atom stereocenters. The lowest BCUT2D eigenvalue weighted by atomic mass is 9.87. The molecule has 0 radical (unpaired) electrons. The molecular formula is C21H26FN5O. The lowest BCUT2D eigenvalue weighted by Gasteiger charge is -2.32. The van der Waals surface area contributed by atoms with E-state index in [0.29, 0.717) is 23.4 Å². The molecule has 4 rings (SSSR count). The van der Waals surface area contributed by atoms with Crippen LogP contribution in [0.15, 0.2) is 29.7 Å². The third kappa shape index (κ3) is 3.99. The summed E-state index contributed by atoms with van der Waals surface area (Å²) in [6, 6.07) is 3.33. The predicted octanol–water partition coefficient (Wildman–Crippen LogP) is 3.81. The van der Waals surface area contributed by atoms with Gasteiger partial charge >= 0.3 is 0 Å². The van der Waals surface area contributed by atoms with Crippen LogP contribution in [0.25, 0.3) is 17.1 Å². The van der Waals surface area contributed by atoms with Gasteiger partial charge in [0, 0.05) is 31.6 Å². The minimum atomic E-state index is -0.341. The highest BCUT2D eigenvalue weighted by Gasteiger charge is 2.23.